The Morgan fingerprint density at radius 3 is 2.22 bits per heavy atom. The molecule has 2 heterocycles. The summed E-state index contributed by atoms with van der Waals surface area (Å²) in [7, 11) is 3.02. The third-order valence-corrected chi connectivity index (χ3v) is 6.01. The molecule has 0 N–H and O–H groups in total. The van der Waals surface area contributed by atoms with Crippen molar-refractivity contribution in [2.45, 2.75) is 18.3 Å². The van der Waals surface area contributed by atoms with E-state index in [4.69, 9.17) is 4.74 Å². The van der Waals surface area contributed by atoms with Gasteiger partial charge < -0.3 is 9.30 Å². The van der Waals surface area contributed by atoms with Crippen LogP contribution in [0, 0.1) is 0 Å². The first-order chi connectivity index (χ1) is 15.5. The second kappa shape index (κ2) is 9.27. The minimum Gasteiger partial charge on any atom is -0.460 e. The molecule has 0 saturated carbocycles. The lowest BCUT2D eigenvalue weighted by Crippen LogP contribution is -2.37. The van der Waals surface area contributed by atoms with Crippen LogP contribution in [0.1, 0.15) is 11.1 Å². The first kappa shape index (κ1) is 21.6. The van der Waals surface area contributed by atoms with Crippen molar-refractivity contribution in [3.63, 3.8) is 0 Å². The molecule has 0 radical (unpaired) electrons. The molecule has 8 nitrogen and oxygen atoms in total. The molecule has 0 fully saturated rings. The Morgan fingerprint density at radius 2 is 1.56 bits per heavy atom. The number of carbonyl (C=O) groups excluding carboxylic acids is 1. The molecular formula is C23H22N4O4S. The van der Waals surface area contributed by atoms with Crippen LogP contribution in [0.15, 0.2) is 75.4 Å². The van der Waals surface area contributed by atoms with Crippen LogP contribution < -0.4 is 11.2 Å². The van der Waals surface area contributed by atoms with Crippen LogP contribution in [-0.2, 0) is 36.8 Å². The molecule has 0 unspecified atom stereocenters. The minimum absolute atomic E-state index is 0.0270. The van der Waals surface area contributed by atoms with Crippen LogP contribution in [-0.4, -0.2) is 30.4 Å². The number of esters is 1. The predicted molar refractivity (Wildman–Crippen MR) is 123 cm³/mol. The van der Waals surface area contributed by atoms with Crippen LogP contribution in [0.4, 0.5) is 0 Å². The highest BCUT2D eigenvalue weighted by atomic mass is 32.2. The normalized spacial score (nSPS) is 11.1. The first-order valence-electron chi connectivity index (χ1n) is 9.98. The number of aromatic nitrogens is 4. The average Bonchev–Trinajstić information content (AvgIpc) is 3.18. The third-order valence-electron chi connectivity index (χ3n) is 5.06. The summed E-state index contributed by atoms with van der Waals surface area (Å²) < 4.78 is 9.51. The maximum Gasteiger partial charge on any atom is 0.332 e. The Morgan fingerprint density at radius 1 is 0.938 bits per heavy atom. The van der Waals surface area contributed by atoms with E-state index in [1.54, 1.807) is 11.6 Å². The zero-order chi connectivity index (χ0) is 22.7. The molecule has 0 atom stereocenters. The van der Waals surface area contributed by atoms with Crippen molar-refractivity contribution in [1.29, 1.82) is 0 Å². The lowest BCUT2D eigenvalue weighted by Gasteiger charge is -2.10. The van der Waals surface area contributed by atoms with Gasteiger partial charge in [0, 0.05) is 14.1 Å². The Hall–Kier alpha value is -3.59. The number of nitrogens with zero attached hydrogens (tertiary/aromatic N) is 4. The van der Waals surface area contributed by atoms with Crippen molar-refractivity contribution >= 4 is 28.9 Å². The lowest BCUT2D eigenvalue weighted by atomic mass is 10.2. The van der Waals surface area contributed by atoms with Crippen LogP contribution in [0.25, 0.3) is 11.2 Å². The molecule has 32 heavy (non-hydrogen) atoms. The summed E-state index contributed by atoms with van der Waals surface area (Å²) in [5.74, 6) is -0.363. The quantitative estimate of drug-likeness (QED) is 0.317. The van der Waals surface area contributed by atoms with Crippen molar-refractivity contribution in [3.8, 4) is 0 Å². The summed E-state index contributed by atoms with van der Waals surface area (Å²) in [6.07, 6.45) is 0. The largest absolute Gasteiger partial charge is 0.460 e. The van der Waals surface area contributed by atoms with Crippen molar-refractivity contribution in [2.75, 3.05) is 5.75 Å². The second-order valence-corrected chi connectivity index (χ2v) is 8.22. The number of ether oxygens (including phenoxy) is 1. The van der Waals surface area contributed by atoms with E-state index in [0.29, 0.717) is 17.2 Å². The fourth-order valence-electron chi connectivity index (χ4n) is 3.35. The molecule has 0 aliphatic heterocycles. The van der Waals surface area contributed by atoms with Crippen LogP contribution in [0.5, 0.6) is 0 Å². The smallest absolute Gasteiger partial charge is 0.332 e. The zero-order valence-electron chi connectivity index (χ0n) is 17.7. The molecule has 0 spiro atoms. The average molecular weight is 451 g/mol. The van der Waals surface area contributed by atoms with Crippen LogP contribution in [0.3, 0.4) is 0 Å². The second-order valence-electron chi connectivity index (χ2n) is 7.28. The SMILES string of the molecule is Cn1c(=O)c2c(nc(SCC(=O)OCc3ccccc3)n2Cc2ccccc2)n(C)c1=O. The van der Waals surface area contributed by atoms with Gasteiger partial charge in [-0.3, -0.25) is 18.7 Å². The molecule has 164 valence electrons. The number of rotatable bonds is 7. The summed E-state index contributed by atoms with van der Waals surface area (Å²) in [6, 6.07) is 19.1. The number of carbonyl (C=O) groups is 1. The number of hydrogen-bond acceptors (Lipinski definition) is 6. The molecular weight excluding hydrogens is 428 g/mol. The van der Waals surface area contributed by atoms with E-state index in [0.717, 1.165) is 15.7 Å². The maximum absolute atomic E-state index is 12.9. The van der Waals surface area contributed by atoms with Gasteiger partial charge in [-0.25, -0.2) is 9.78 Å². The molecule has 0 aliphatic carbocycles. The van der Waals surface area contributed by atoms with E-state index in [-0.39, 0.29) is 24.0 Å². The van der Waals surface area contributed by atoms with Gasteiger partial charge in [0.2, 0.25) is 0 Å². The Kier molecular flexibility index (Phi) is 6.27. The van der Waals surface area contributed by atoms with Gasteiger partial charge in [-0.2, -0.15) is 0 Å². The van der Waals surface area contributed by atoms with Crippen molar-refractivity contribution in [1.82, 2.24) is 18.7 Å². The molecule has 0 bridgehead atoms. The third kappa shape index (κ3) is 4.38. The fraction of sp³-hybridized carbons (Fsp3) is 0.217. The summed E-state index contributed by atoms with van der Waals surface area (Å²) in [5, 5.41) is 0.471. The summed E-state index contributed by atoms with van der Waals surface area (Å²) >= 11 is 1.18. The van der Waals surface area contributed by atoms with Gasteiger partial charge in [0.25, 0.3) is 5.56 Å². The standard InChI is InChI=1S/C23H22N4O4S/c1-25-20-19(21(29)26(2)23(25)30)27(13-16-9-5-3-6-10-16)22(24-20)32-15-18(28)31-14-17-11-7-4-8-12-17/h3-12H,13-15H2,1-2H3. The number of thioether (sulfide) groups is 1. The summed E-state index contributed by atoms with van der Waals surface area (Å²) in [5.41, 5.74) is 1.60. The number of imidazole rings is 1. The number of aryl methyl sites for hydroxylation is 1. The Balaban J connectivity index is 1.64. The summed E-state index contributed by atoms with van der Waals surface area (Å²) in [6.45, 7) is 0.571. The van der Waals surface area contributed by atoms with Gasteiger partial charge in [0.15, 0.2) is 16.3 Å². The topological polar surface area (TPSA) is 88.1 Å². The first-order valence-corrected chi connectivity index (χ1v) is 11.0. The molecule has 0 saturated heterocycles. The van der Waals surface area contributed by atoms with Gasteiger partial charge in [-0.15, -0.1) is 0 Å². The molecule has 4 aromatic rings. The fourth-order valence-corrected chi connectivity index (χ4v) is 4.15. The van der Waals surface area contributed by atoms with E-state index in [1.165, 1.54) is 23.4 Å². The van der Waals surface area contributed by atoms with Crippen LogP contribution >= 0.6 is 11.8 Å². The highest BCUT2D eigenvalue weighted by Gasteiger charge is 2.20. The van der Waals surface area contributed by atoms with E-state index in [2.05, 4.69) is 4.98 Å². The van der Waals surface area contributed by atoms with Gasteiger partial charge >= 0.3 is 11.7 Å². The monoisotopic (exact) mass is 450 g/mol. The number of benzene rings is 2. The van der Waals surface area contributed by atoms with E-state index in [9.17, 15) is 14.4 Å². The molecule has 0 aliphatic rings. The number of hydrogen-bond donors (Lipinski definition) is 0. The zero-order valence-corrected chi connectivity index (χ0v) is 18.5. The number of fused-ring (bicyclic) bond motifs is 1. The van der Waals surface area contributed by atoms with Gasteiger partial charge in [0.05, 0.1) is 12.3 Å². The van der Waals surface area contributed by atoms with Gasteiger partial charge in [-0.1, -0.05) is 72.4 Å². The molecule has 0 amide bonds. The van der Waals surface area contributed by atoms with E-state index in [1.807, 2.05) is 60.7 Å². The van der Waals surface area contributed by atoms with Crippen molar-refractivity contribution in [3.05, 3.63) is 92.6 Å². The highest BCUT2D eigenvalue weighted by molar-refractivity contribution is 7.99. The van der Waals surface area contributed by atoms with E-state index < -0.39 is 11.2 Å². The molecule has 2 aromatic heterocycles. The molecule has 9 heteroatoms. The Labute approximate surface area is 188 Å². The molecule has 2 aromatic carbocycles. The van der Waals surface area contributed by atoms with Crippen LogP contribution in [0.2, 0.25) is 0 Å². The van der Waals surface area contributed by atoms with E-state index >= 15 is 0 Å². The highest BCUT2D eigenvalue weighted by Crippen LogP contribution is 2.23. The maximum atomic E-state index is 12.9. The van der Waals surface area contributed by atoms with Gasteiger partial charge in [0.1, 0.15) is 6.61 Å². The molecule has 4 rings (SSSR count). The van der Waals surface area contributed by atoms with Crippen molar-refractivity contribution < 1.29 is 9.53 Å². The van der Waals surface area contributed by atoms with Gasteiger partial charge in [-0.05, 0) is 11.1 Å². The predicted octanol–water partition coefficient (Wildman–Crippen LogP) is 2.32. The minimum atomic E-state index is -0.453. The summed E-state index contributed by atoms with van der Waals surface area (Å²) in [4.78, 5) is 42.1. The lowest BCUT2D eigenvalue weighted by molar-refractivity contribution is -0.141. The van der Waals surface area contributed by atoms with Crippen molar-refractivity contribution in [2.24, 2.45) is 14.1 Å². The Bertz CT molecular complexity index is 1370.